The lowest BCUT2D eigenvalue weighted by Crippen LogP contribution is -2.74. The van der Waals surface area contributed by atoms with Crippen LogP contribution >= 0.6 is 0 Å². The number of allylic oxidation sites excluding steroid dienone is 4. The summed E-state index contributed by atoms with van der Waals surface area (Å²) < 4.78 is 13.4. The molecule has 130 heavy (non-hydrogen) atoms. The second-order valence-electron chi connectivity index (χ2n) is 37.0. The molecule has 0 aliphatic heterocycles. The van der Waals surface area contributed by atoms with Gasteiger partial charge in [0.05, 0.1) is 0 Å². The first-order valence-corrected chi connectivity index (χ1v) is 50.1. The van der Waals surface area contributed by atoms with Gasteiger partial charge in [0.25, 0.3) is 0 Å². The predicted molar refractivity (Wildman–Crippen MR) is 560 cm³/mol. The summed E-state index contributed by atoms with van der Waals surface area (Å²) in [5.41, 5.74) is 29.8. The first-order valence-electron chi connectivity index (χ1n) is 46.0. The SMILES string of the molecule is CC1=CCC([Si](c2ccc(C)cc2)(c2ccc(C)cc2)c2cccc(-c3ccc(N(c4ccc(-c5cc(C(C)C)c6ccc7c(-c8ccc(N(c9ccc(-c%10cccc([Si](c%11ccc(C)cc%11)(c%11ccc(C)cc%11)c%11ccc(C)cc%11)c%10)cc9)c9ccc%10c(c9)oc9ccccc9%10)cc8)cc(C(C)C)c8ccc5c6c78)cc4)c4ccc5c(c4)oc4ccccc45)cc3)c2)C=C1. The summed E-state index contributed by atoms with van der Waals surface area (Å²) in [5.74, 6) is 0.496. The second kappa shape index (κ2) is 32.9. The molecular formula is C124H102N2O2Si2. The molecule has 22 rings (SSSR count). The van der Waals surface area contributed by atoms with E-state index in [9.17, 15) is 0 Å². The Balaban J connectivity index is 0.631. The Morgan fingerprint density at radius 2 is 0.592 bits per heavy atom. The average Bonchev–Trinajstić information content (AvgIpc) is 0.905. The quantitative estimate of drug-likeness (QED) is 0.0433. The van der Waals surface area contributed by atoms with Crippen molar-refractivity contribution in [2.24, 2.45) is 0 Å². The summed E-state index contributed by atoms with van der Waals surface area (Å²) in [4.78, 5) is 4.79. The normalized spacial score (nSPS) is 13.2. The Labute approximate surface area is 764 Å². The molecular weight excluding hydrogens is 1610 g/mol. The van der Waals surface area contributed by atoms with Crippen molar-refractivity contribution in [3.05, 3.63) is 451 Å². The largest absolute Gasteiger partial charge is 0.456 e. The zero-order chi connectivity index (χ0) is 88.2. The van der Waals surface area contributed by atoms with Gasteiger partial charge in [-0.2, -0.15) is 0 Å². The van der Waals surface area contributed by atoms with Crippen molar-refractivity contribution in [1.29, 1.82) is 0 Å². The molecule has 21 aromatic rings. The molecule has 0 radical (unpaired) electrons. The van der Waals surface area contributed by atoms with Crippen LogP contribution in [0.2, 0.25) is 5.54 Å². The number of anilines is 6. The van der Waals surface area contributed by atoms with E-state index in [0.29, 0.717) is 5.54 Å². The third kappa shape index (κ3) is 14.0. The minimum atomic E-state index is -2.86. The van der Waals surface area contributed by atoms with E-state index in [2.05, 4.69) is 486 Å². The number of benzene rings is 19. The number of nitrogens with zero attached hydrogens (tertiary/aromatic N) is 2. The second-order valence-corrected chi connectivity index (χ2v) is 44.9. The third-order valence-corrected chi connectivity index (χ3v) is 38.2. The average molecular weight is 1710 g/mol. The fourth-order valence-electron chi connectivity index (χ4n) is 21.4. The lowest BCUT2D eigenvalue weighted by Gasteiger charge is -2.40. The van der Waals surface area contributed by atoms with E-state index in [1.54, 1.807) is 0 Å². The van der Waals surface area contributed by atoms with Gasteiger partial charge in [0.1, 0.15) is 22.3 Å². The molecule has 0 spiro atoms. The van der Waals surface area contributed by atoms with E-state index in [1.165, 1.54) is 147 Å². The molecule has 6 heteroatoms. The Hall–Kier alpha value is -14.7. The number of rotatable bonds is 20. The lowest BCUT2D eigenvalue weighted by molar-refractivity contribution is 0.668. The van der Waals surface area contributed by atoms with Crippen LogP contribution in [0, 0.1) is 34.6 Å². The van der Waals surface area contributed by atoms with E-state index in [-0.39, 0.29) is 11.8 Å². The zero-order valence-electron chi connectivity index (χ0n) is 75.3. The fraction of sp³-hybridized carbons (Fsp3) is 0.113. The summed E-state index contributed by atoms with van der Waals surface area (Å²) in [6, 6.07) is 148. The molecule has 1 unspecified atom stereocenters. The van der Waals surface area contributed by atoms with Crippen LogP contribution < -0.4 is 46.1 Å². The highest BCUT2D eigenvalue weighted by Crippen LogP contribution is 2.50. The first kappa shape index (κ1) is 81.1. The molecule has 0 amide bonds. The van der Waals surface area contributed by atoms with Gasteiger partial charge in [0.15, 0.2) is 16.1 Å². The molecule has 2 heterocycles. The first-order chi connectivity index (χ1) is 63.5. The van der Waals surface area contributed by atoms with Crippen LogP contribution in [0.15, 0.2) is 421 Å². The van der Waals surface area contributed by atoms with Gasteiger partial charge in [-0.3, -0.25) is 0 Å². The minimum absolute atomic E-state index is 0.247. The van der Waals surface area contributed by atoms with Crippen LogP contribution in [0.5, 0.6) is 0 Å². The molecule has 1 aliphatic rings. The Kier molecular flexibility index (Phi) is 20.5. The maximum Gasteiger partial charge on any atom is 0.179 e. The number of para-hydroxylation sites is 2. The van der Waals surface area contributed by atoms with E-state index in [0.717, 1.165) is 95.5 Å². The number of furan rings is 2. The maximum absolute atomic E-state index is 6.68. The van der Waals surface area contributed by atoms with Gasteiger partial charge >= 0.3 is 0 Å². The summed E-state index contributed by atoms with van der Waals surface area (Å²) >= 11 is 0. The molecule has 1 atom stereocenters. The molecule has 0 bridgehead atoms. The van der Waals surface area contributed by atoms with Gasteiger partial charge in [-0.05, 0) is 287 Å². The summed E-state index contributed by atoms with van der Waals surface area (Å²) in [6.07, 6.45) is 8.33. The van der Waals surface area contributed by atoms with Gasteiger partial charge in [0, 0.05) is 67.8 Å². The third-order valence-electron chi connectivity index (χ3n) is 28.2. The van der Waals surface area contributed by atoms with Gasteiger partial charge in [-0.1, -0.05) is 358 Å². The van der Waals surface area contributed by atoms with Gasteiger partial charge in [-0.25, -0.2) is 0 Å². The zero-order valence-corrected chi connectivity index (χ0v) is 77.3. The Morgan fingerprint density at radius 3 is 0.969 bits per heavy atom. The van der Waals surface area contributed by atoms with Crippen molar-refractivity contribution in [3.8, 4) is 44.5 Å². The smallest absolute Gasteiger partial charge is 0.179 e. The van der Waals surface area contributed by atoms with Crippen molar-refractivity contribution < 1.29 is 8.83 Å². The summed E-state index contributed by atoms with van der Waals surface area (Å²) in [7, 11) is -5.58. The van der Waals surface area contributed by atoms with Gasteiger partial charge in [0.2, 0.25) is 0 Å². The van der Waals surface area contributed by atoms with Crippen LogP contribution in [0.25, 0.3) is 121 Å². The molecule has 628 valence electrons. The van der Waals surface area contributed by atoms with E-state index in [1.807, 2.05) is 0 Å². The van der Waals surface area contributed by atoms with Crippen molar-refractivity contribution in [3.63, 3.8) is 0 Å². The van der Waals surface area contributed by atoms with Crippen molar-refractivity contribution >= 4 is 163 Å². The number of hydrogen-bond acceptors (Lipinski definition) is 4. The Bertz CT molecular complexity index is 7800. The van der Waals surface area contributed by atoms with Crippen LogP contribution in [-0.2, 0) is 0 Å². The lowest BCUT2D eigenvalue weighted by atomic mass is 9.81. The van der Waals surface area contributed by atoms with Gasteiger partial charge < -0.3 is 18.6 Å². The number of aryl methyl sites for hydroxylation is 5. The highest BCUT2D eigenvalue weighted by Gasteiger charge is 2.46. The van der Waals surface area contributed by atoms with Gasteiger partial charge in [-0.15, -0.1) is 0 Å². The van der Waals surface area contributed by atoms with Crippen molar-refractivity contribution in [2.75, 3.05) is 9.80 Å². The van der Waals surface area contributed by atoms with Crippen LogP contribution in [-0.4, -0.2) is 16.1 Å². The summed E-state index contributed by atoms with van der Waals surface area (Å²) in [5, 5.41) is 21.9. The van der Waals surface area contributed by atoms with E-state index in [4.69, 9.17) is 8.83 Å². The van der Waals surface area contributed by atoms with Crippen molar-refractivity contribution in [1.82, 2.24) is 0 Å². The molecule has 4 nitrogen and oxygen atoms in total. The van der Waals surface area contributed by atoms with E-state index < -0.39 is 16.1 Å². The topological polar surface area (TPSA) is 32.8 Å². The predicted octanol–water partition coefficient (Wildman–Crippen LogP) is 29.9. The molecule has 2 aromatic heterocycles. The molecule has 0 fully saturated rings. The van der Waals surface area contributed by atoms with Crippen LogP contribution in [0.4, 0.5) is 34.1 Å². The fourth-order valence-corrected chi connectivity index (χ4v) is 31.4. The molecule has 19 aromatic carbocycles. The van der Waals surface area contributed by atoms with Crippen LogP contribution in [0.1, 0.15) is 91.8 Å². The number of hydrogen-bond donors (Lipinski definition) is 0. The van der Waals surface area contributed by atoms with Crippen molar-refractivity contribution in [2.45, 2.75) is 93.0 Å². The Morgan fingerprint density at radius 1 is 0.262 bits per heavy atom. The monoisotopic (exact) mass is 1710 g/mol. The molecule has 0 N–H and O–H groups in total. The molecule has 1 aliphatic carbocycles. The number of fused-ring (bicyclic) bond motifs is 6. The highest BCUT2D eigenvalue weighted by atomic mass is 28.3. The molecule has 0 saturated heterocycles. The van der Waals surface area contributed by atoms with E-state index >= 15 is 0 Å². The highest BCUT2D eigenvalue weighted by molar-refractivity contribution is 7.20. The standard InChI is InChI=1S/C124H102N2O2Si2/c1-79(2)115-77-117(89-41-49-95(50-42-89)125(97-53-67-109-107-21-11-13-23-119(107)127-121(109)75-97)93-45-37-87(38-46-93)91-17-15-19-105(73-91)129(99-55-25-81(5)26-56-99,100-57-27-82(6)28-58-100)101-59-29-83(7)30-60-101)113-72-70-112-116(80(3)4)78-118(114-71-69-111(115)123(113)124(112)114)90-43-51-96(52-44-90)126(98-54-68-110-108-22-12-14-24-120(108)128-122(110)76-98)94-47-39-88(40-48-94)92-18-16-20-106(74-92)130(102-61-31-84(8)32-62-102,103-63-33-85(9)34-64-103)104-65-35-86(10)36-66-104/h11-65,67-80,104H,66H2,1-10H3. The molecule has 0 saturated carbocycles. The van der Waals surface area contributed by atoms with Crippen LogP contribution in [0.3, 0.4) is 0 Å². The summed E-state index contributed by atoms with van der Waals surface area (Å²) in [6.45, 7) is 22.6. The minimum Gasteiger partial charge on any atom is -0.456 e. The maximum atomic E-state index is 6.68.